The van der Waals surface area contributed by atoms with Crippen LogP contribution < -0.4 is 102 Å². The van der Waals surface area contributed by atoms with E-state index in [1.165, 1.54) is 43.9 Å². The Balaban J connectivity index is 0.000000162. The molecule has 0 spiro atoms. The van der Waals surface area contributed by atoms with E-state index in [0.717, 1.165) is 16.7 Å². The number of ether oxygens (including phenoxy) is 9. The Morgan fingerprint density at radius 1 is 0.297 bits per heavy atom. The molecule has 0 bridgehead atoms. The second-order valence-corrected chi connectivity index (χ2v) is 40.6. The van der Waals surface area contributed by atoms with E-state index >= 15 is 0 Å². The van der Waals surface area contributed by atoms with Gasteiger partial charge in [-0.1, -0.05) is 163 Å². The minimum atomic E-state index is -4.17. The summed E-state index contributed by atoms with van der Waals surface area (Å²) >= 11 is 12.4. The largest absolute Gasteiger partial charge is 0.497 e. The zero-order valence-corrected chi connectivity index (χ0v) is 84.5. The Labute approximate surface area is 847 Å². The molecule has 12 aromatic rings. The first-order valence-electron chi connectivity index (χ1n) is 44.5. The van der Waals surface area contributed by atoms with Crippen LogP contribution in [0.15, 0.2) is 287 Å². The Kier molecular flexibility index (Phi) is 34.8. The third-order valence-corrected chi connectivity index (χ3v) is 29.7. The number of nitrogens with zero attached hydrogens (tertiary/aromatic N) is 4. The van der Waals surface area contributed by atoms with E-state index in [1.54, 1.807) is 281 Å². The molecular weight excluding hydrogens is 1990 g/mol. The minimum absolute atomic E-state index is 0.0144. The fraction of sp³-hybridized carbons (Fsp3) is 0.216. The van der Waals surface area contributed by atoms with Gasteiger partial charge in [-0.2, -0.15) is 0 Å². The van der Waals surface area contributed by atoms with Crippen molar-refractivity contribution in [3.8, 4) is 51.7 Å². The summed E-state index contributed by atoms with van der Waals surface area (Å²) in [5, 5.41) is 11.0. The van der Waals surface area contributed by atoms with Gasteiger partial charge >= 0.3 is 24.1 Å². The molecule has 4 aliphatic rings. The van der Waals surface area contributed by atoms with Crippen molar-refractivity contribution < 1.29 is 115 Å². The lowest BCUT2D eigenvalue weighted by Gasteiger charge is -2.25. The van der Waals surface area contributed by atoms with Crippen molar-refractivity contribution in [2.24, 2.45) is 0 Å². The van der Waals surface area contributed by atoms with E-state index in [4.69, 9.17) is 65.8 Å². The Hall–Kier alpha value is -15.8. The Morgan fingerprint density at radius 2 is 0.566 bits per heavy atom. The summed E-state index contributed by atoms with van der Waals surface area (Å²) in [6.07, 6.45) is 0.380. The molecule has 4 aliphatic heterocycles. The van der Waals surface area contributed by atoms with Crippen LogP contribution in [0, 0.1) is 34.6 Å². The van der Waals surface area contributed by atoms with Gasteiger partial charge in [0.2, 0.25) is 50.8 Å². The Bertz CT molecular complexity index is 7150. The third-order valence-electron chi connectivity index (χ3n) is 23.1. The van der Waals surface area contributed by atoms with Crippen molar-refractivity contribution >= 4 is 134 Å². The first-order valence-corrected chi connectivity index (χ1v) is 51.2. The number of carbonyl (C=O) groups is 8. The molecule has 0 saturated heterocycles. The number of hydrogen-bond donors (Lipinski definition) is 8. The number of aryl methyl sites for hydroxylation is 5. The van der Waals surface area contributed by atoms with Gasteiger partial charge in [-0.05, 0) is 188 Å². The van der Waals surface area contributed by atoms with Gasteiger partial charge in [0.15, 0.2) is 46.0 Å². The smallest absolute Gasteiger partial charge is 0.329 e. The summed E-state index contributed by atoms with van der Waals surface area (Å²) in [6.45, 7) is 8.78. The lowest BCUT2D eigenvalue weighted by Crippen LogP contribution is -2.52. The van der Waals surface area contributed by atoms with Crippen molar-refractivity contribution in [2.75, 3.05) is 82.1 Å². The minimum Gasteiger partial charge on any atom is -0.497 e. The standard InChI is InChI=1S/C26H27N3O7S.C26H27N3O6S.2C25H24ClN3O6S/c1-17-6-4-5-7-24(17)37(32,33)28-26(31)27-21(14-18-8-11-20(34-3)12-9-18)25(30)29(2)19-10-13-22-23(15-19)36-16-35-22;1-17-8-4-6-10-19(17)14-21(25(30)29(3)20-12-13-22-23(15-20)35-16-34-22)27-26(31)28-36(32,33)24-11-7-5-9-18(24)2;1-16-7-3-6-10-23(16)36(32,33)28-25(31)27-20(13-17-8-4-5-9-19(17)26)24(30)29(2)18-11-12-21-22(14-18)35-15-34-21;1-16-6-3-4-9-23(16)36(32,33)28-25(31)27-20(13-17-7-5-8-18(26)12-17)24(30)29(2)19-10-11-21-22(14-19)35-15-34-21/h4-13,15,21H,14,16H2,1-3H3,(H2,27,28,31);4-13,15,21H,14,16H2,1-3H3,(H2,27,28,31);2*3-12,14,20H,13,15H2,1-2H3,(H2,27,28,31)/t2*21-;2*20-/m0000/s1. The predicted octanol–water partition coefficient (Wildman–Crippen LogP) is 13.6. The molecule has 758 valence electrons. The summed E-state index contributed by atoms with van der Waals surface area (Å²) in [7, 11) is -8.84. The second kappa shape index (κ2) is 47.4. The molecule has 16 rings (SSSR count). The van der Waals surface area contributed by atoms with Gasteiger partial charge in [0.25, 0.3) is 40.1 Å². The molecule has 43 heteroatoms. The number of carbonyl (C=O) groups excluding carboxylic acids is 8. The number of fused-ring (bicyclic) bond motifs is 4. The van der Waals surface area contributed by atoms with Crippen molar-refractivity contribution in [1.29, 1.82) is 0 Å². The number of benzene rings is 12. The number of halogens is 2. The van der Waals surface area contributed by atoms with Gasteiger partial charge in [0.05, 0.1) is 26.7 Å². The van der Waals surface area contributed by atoms with Gasteiger partial charge in [0.1, 0.15) is 29.9 Å². The molecule has 0 fully saturated rings. The highest BCUT2D eigenvalue weighted by Crippen LogP contribution is 2.40. The molecule has 12 amide bonds. The maximum absolute atomic E-state index is 13.5. The van der Waals surface area contributed by atoms with Crippen LogP contribution in [0.1, 0.15) is 50.1 Å². The summed E-state index contributed by atoms with van der Waals surface area (Å²) in [5.74, 6) is 3.05. The van der Waals surface area contributed by atoms with E-state index in [9.17, 15) is 72.0 Å². The summed E-state index contributed by atoms with van der Waals surface area (Å²) in [4.78, 5) is 111. The maximum atomic E-state index is 13.5. The lowest BCUT2D eigenvalue weighted by molar-refractivity contribution is -0.120. The van der Waals surface area contributed by atoms with Crippen molar-refractivity contribution in [1.82, 2.24) is 40.2 Å². The molecule has 4 atom stereocenters. The lowest BCUT2D eigenvalue weighted by atomic mass is 10.00. The number of nitrogens with one attached hydrogen (secondary N) is 8. The van der Waals surface area contributed by atoms with E-state index in [1.807, 2.05) is 50.1 Å². The molecule has 4 heterocycles. The fourth-order valence-corrected chi connectivity index (χ4v) is 20.4. The monoisotopic (exact) mass is 2090 g/mol. The van der Waals surface area contributed by atoms with Crippen molar-refractivity contribution in [3.63, 3.8) is 0 Å². The van der Waals surface area contributed by atoms with Crippen LogP contribution in [0.4, 0.5) is 41.9 Å². The van der Waals surface area contributed by atoms with Gasteiger partial charge in [-0.25, -0.2) is 71.7 Å². The normalized spacial score (nSPS) is 13.0. The fourth-order valence-electron chi connectivity index (χ4n) is 15.4. The molecule has 0 saturated carbocycles. The van der Waals surface area contributed by atoms with E-state index in [-0.39, 0.29) is 72.4 Å². The quantitative estimate of drug-likeness (QED) is 0.0216. The highest BCUT2D eigenvalue weighted by molar-refractivity contribution is 7.91. The van der Waals surface area contributed by atoms with Gasteiger partial charge < -0.3 is 83.5 Å². The average molecular weight is 2100 g/mol. The van der Waals surface area contributed by atoms with Crippen molar-refractivity contribution in [2.45, 2.75) is 104 Å². The molecule has 37 nitrogen and oxygen atoms in total. The molecule has 12 aromatic carbocycles. The molecule has 0 unspecified atom stereocenters. The predicted molar refractivity (Wildman–Crippen MR) is 541 cm³/mol. The number of methoxy groups -OCH3 is 1. The Morgan fingerprint density at radius 3 is 0.862 bits per heavy atom. The van der Waals surface area contributed by atoms with Crippen LogP contribution in [-0.2, 0) is 85.0 Å². The number of rotatable bonds is 29. The number of sulfonamides is 4. The number of anilines is 4. The molecule has 0 radical (unpaired) electrons. The first kappa shape index (κ1) is 106. The van der Waals surface area contributed by atoms with E-state index in [2.05, 4.69) is 21.3 Å². The number of urea groups is 4. The number of amides is 12. The number of hydrogen-bond acceptors (Lipinski definition) is 25. The zero-order chi connectivity index (χ0) is 104. The van der Waals surface area contributed by atoms with Crippen LogP contribution in [-0.4, -0.2) is 168 Å². The molecule has 8 N–H and O–H groups in total. The molecule has 0 aromatic heterocycles. The van der Waals surface area contributed by atoms with Crippen molar-refractivity contribution in [3.05, 3.63) is 327 Å². The molecule has 145 heavy (non-hydrogen) atoms. The van der Waals surface area contributed by atoms with Crippen LogP contribution in [0.3, 0.4) is 0 Å². The van der Waals surface area contributed by atoms with E-state index < -0.39 is 112 Å². The average Bonchev–Trinajstić information content (AvgIpc) is 1.49. The zero-order valence-electron chi connectivity index (χ0n) is 79.8. The van der Waals surface area contributed by atoms with E-state index in [0.29, 0.717) is 118 Å². The highest BCUT2D eigenvalue weighted by Gasteiger charge is 2.36. The third kappa shape index (κ3) is 27.5. The molecular formula is C102H102Cl2N12O25S4. The topological polar surface area (TPSA) is 465 Å². The first-order chi connectivity index (χ1) is 69.1. The maximum Gasteiger partial charge on any atom is 0.329 e. The molecule has 0 aliphatic carbocycles. The van der Waals surface area contributed by atoms with Crippen LogP contribution in [0.5, 0.6) is 51.7 Å². The highest BCUT2D eigenvalue weighted by atomic mass is 35.5. The number of likely N-dealkylation sites (N-methyl/N-ethyl adjacent to an activating group) is 4. The SMILES string of the molecule is COc1ccc(C[C@H](NC(=O)NS(=O)(=O)c2ccccc2C)C(=O)N(C)c2ccc3c(c2)OCO3)cc1.Cc1ccccc1C[C@H](NC(=O)NS(=O)(=O)c1ccccc1C)C(=O)N(C)c1ccc2c(c1)OCO2.Cc1ccccc1S(=O)(=O)NC(=O)N[C@@H](Cc1cccc(Cl)c1)C(=O)N(C)c1ccc2c(c1)OCO2.Cc1ccccc1S(=O)(=O)NC(=O)N[C@@H](Cc1ccccc1Cl)C(=O)N(C)c1ccc2c(c1)OCO2. The van der Waals surface area contributed by atoms with Crippen LogP contribution >= 0.6 is 23.2 Å². The second-order valence-electron chi connectivity index (χ2n) is 33.1. The van der Waals surface area contributed by atoms with Gasteiger partial charge in [-0.3, -0.25) is 19.2 Å². The summed E-state index contributed by atoms with van der Waals surface area (Å²) in [5.41, 5.74) is 7.81. The van der Waals surface area contributed by atoms with Crippen LogP contribution in [0.2, 0.25) is 10.0 Å². The van der Waals surface area contributed by atoms with Crippen LogP contribution in [0.25, 0.3) is 0 Å². The van der Waals surface area contributed by atoms with Gasteiger partial charge in [0, 0.05) is 111 Å². The summed E-state index contributed by atoms with van der Waals surface area (Å²) < 4.78 is 158. The summed E-state index contributed by atoms with van der Waals surface area (Å²) in [6, 6.07) is 65.1. The van der Waals surface area contributed by atoms with Gasteiger partial charge in [-0.15, -0.1) is 0 Å².